The molecule has 0 aromatic rings. The van der Waals surface area contributed by atoms with E-state index < -0.39 is 6.16 Å². The Bertz CT molecular complexity index is 235. The molecule has 0 saturated carbocycles. The Morgan fingerprint density at radius 3 is 1.26 bits per heavy atom. The molecule has 0 fully saturated rings. The van der Waals surface area contributed by atoms with Crippen molar-refractivity contribution >= 4 is 6.16 Å². The van der Waals surface area contributed by atoms with E-state index in [0.717, 1.165) is 12.8 Å². The minimum atomic E-state index is -1.40. The van der Waals surface area contributed by atoms with Gasteiger partial charge in [-0.2, -0.15) is 0 Å². The predicted molar refractivity (Wildman–Crippen MR) is 90.9 cm³/mol. The maximum Gasteiger partial charge on any atom is 1.00 e. The van der Waals surface area contributed by atoms with Gasteiger partial charge in [0.1, 0.15) is 0 Å². The summed E-state index contributed by atoms with van der Waals surface area (Å²) in [6.07, 6.45) is 19.7. The minimum absolute atomic E-state index is 0. The van der Waals surface area contributed by atoms with Crippen molar-refractivity contribution in [3.63, 3.8) is 0 Å². The third-order valence-electron chi connectivity index (χ3n) is 4.22. The predicted octanol–water partition coefficient (Wildman–Crippen LogP) is 2.61. The number of carbonyl (C=O) groups excluding carboxylic acids is 1. The maximum absolute atomic E-state index is 10.0. The zero-order valence-corrected chi connectivity index (χ0v) is 15.7. The van der Waals surface area contributed by atoms with Crippen LogP contribution in [0.1, 0.15) is 110 Å². The number of rotatable bonds is 17. The van der Waals surface area contributed by atoms with E-state index in [1.165, 1.54) is 89.9 Å². The molecule has 0 bridgehead atoms. The fraction of sp³-hybridized carbons (Fsp3) is 0.947. The molecule has 23 heavy (non-hydrogen) atoms. The first-order valence-electron chi connectivity index (χ1n) is 9.61. The van der Waals surface area contributed by atoms with Gasteiger partial charge in [0.15, 0.2) is 0 Å². The van der Waals surface area contributed by atoms with Crippen LogP contribution in [0.15, 0.2) is 0 Å². The van der Waals surface area contributed by atoms with Crippen molar-refractivity contribution in [2.75, 3.05) is 6.61 Å². The molecule has 0 aromatic heterocycles. The second-order valence-electron chi connectivity index (χ2n) is 6.40. The molecule has 0 heterocycles. The van der Waals surface area contributed by atoms with Gasteiger partial charge in [0, 0.05) is 6.61 Å². The normalized spacial score (nSPS) is 10.3. The summed E-state index contributed by atoms with van der Waals surface area (Å²) >= 11 is 0. The number of hydrogen-bond donors (Lipinski definition) is 0. The van der Waals surface area contributed by atoms with Crippen LogP contribution in [-0.2, 0) is 4.74 Å². The van der Waals surface area contributed by atoms with Crippen molar-refractivity contribution in [2.45, 2.75) is 110 Å². The van der Waals surface area contributed by atoms with Gasteiger partial charge in [-0.1, -0.05) is 103 Å². The van der Waals surface area contributed by atoms with Gasteiger partial charge in [0.2, 0.25) is 0 Å². The van der Waals surface area contributed by atoms with Crippen molar-refractivity contribution < 1.29 is 33.5 Å². The number of unbranched alkanes of at least 4 members (excludes halogenated alkanes) is 15. The van der Waals surface area contributed by atoms with Gasteiger partial charge in [0.05, 0.1) is 0 Å². The van der Waals surface area contributed by atoms with Gasteiger partial charge >= 0.3 is 18.9 Å². The number of carboxylic acid groups (broad SMARTS) is 1. The average molecular weight is 320 g/mol. The molecule has 0 spiro atoms. The first-order valence-corrected chi connectivity index (χ1v) is 9.61. The SMILES string of the molecule is CCCCCCCCCCCCCCCCCCOC(=O)[O-].[Li+]. The van der Waals surface area contributed by atoms with E-state index in [2.05, 4.69) is 11.7 Å². The Hall–Kier alpha value is -0.133. The Labute approximate surface area is 156 Å². The zero-order chi connectivity index (χ0) is 16.3. The van der Waals surface area contributed by atoms with Crippen molar-refractivity contribution in [3.8, 4) is 0 Å². The Kier molecular flexibility index (Phi) is 23.9. The van der Waals surface area contributed by atoms with Crippen LogP contribution in [0, 0.1) is 0 Å². The molecule has 0 saturated heterocycles. The van der Waals surface area contributed by atoms with E-state index >= 15 is 0 Å². The van der Waals surface area contributed by atoms with Crippen molar-refractivity contribution in [3.05, 3.63) is 0 Å². The second kappa shape index (κ2) is 21.9. The van der Waals surface area contributed by atoms with Gasteiger partial charge < -0.3 is 14.6 Å². The summed E-state index contributed by atoms with van der Waals surface area (Å²) in [5, 5.41) is 10.0. The van der Waals surface area contributed by atoms with Crippen LogP contribution in [0.25, 0.3) is 0 Å². The minimum Gasteiger partial charge on any atom is -0.550 e. The molecular weight excluding hydrogens is 283 g/mol. The summed E-state index contributed by atoms with van der Waals surface area (Å²) in [5.74, 6) is 0. The van der Waals surface area contributed by atoms with Gasteiger partial charge in [-0.05, 0) is 6.42 Å². The Balaban J connectivity index is 0. The van der Waals surface area contributed by atoms with E-state index in [1.807, 2.05) is 0 Å². The molecule has 0 aliphatic heterocycles. The van der Waals surface area contributed by atoms with Crippen LogP contribution < -0.4 is 24.0 Å². The van der Waals surface area contributed by atoms with Gasteiger partial charge in [-0.3, -0.25) is 0 Å². The molecule has 0 rings (SSSR count). The number of hydrogen-bond acceptors (Lipinski definition) is 3. The third-order valence-corrected chi connectivity index (χ3v) is 4.22. The third kappa shape index (κ3) is 24.2. The molecular formula is C19H37LiO3. The summed E-state index contributed by atoms with van der Waals surface area (Å²) in [5.41, 5.74) is 0. The molecule has 3 nitrogen and oxygen atoms in total. The Morgan fingerprint density at radius 2 is 0.957 bits per heavy atom. The van der Waals surface area contributed by atoms with Gasteiger partial charge in [0.25, 0.3) is 6.16 Å². The fourth-order valence-corrected chi connectivity index (χ4v) is 2.81. The zero-order valence-electron chi connectivity index (χ0n) is 15.7. The van der Waals surface area contributed by atoms with Crippen LogP contribution in [0.2, 0.25) is 0 Å². The molecule has 0 atom stereocenters. The van der Waals surface area contributed by atoms with Crippen LogP contribution >= 0.6 is 0 Å². The topological polar surface area (TPSA) is 49.4 Å². The molecule has 0 unspecified atom stereocenters. The van der Waals surface area contributed by atoms with E-state index in [9.17, 15) is 9.90 Å². The van der Waals surface area contributed by atoms with E-state index in [0.29, 0.717) is 6.61 Å². The summed E-state index contributed by atoms with van der Waals surface area (Å²) in [6.45, 7) is 2.56. The maximum atomic E-state index is 10.0. The molecule has 0 N–H and O–H groups in total. The van der Waals surface area contributed by atoms with Crippen molar-refractivity contribution in [1.82, 2.24) is 0 Å². The van der Waals surface area contributed by atoms with Crippen LogP contribution in [-0.4, -0.2) is 12.8 Å². The molecule has 0 aliphatic rings. The first kappa shape index (κ1) is 25.1. The molecule has 4 heteroatoms. The van der Waals surface area contributed by atoms with Crippen molar-refractivity contribution in [1.29, 1.82) is 0 Å². The summed E-state index contributed by atoms with van der Waals surface area (Å²) in [6, 6.07) is 0. The standard InChI is InChI=1S/C19H38O3.Li/c1-2-3-4-5-6-7-8-9-10-11-12-13-14-15-16-17-18-22-19(20)21;/h2-18H2,1H3,(H,20,21);/q;+1/p-1. The quantitative estimate of drug-likeness (QED) is 0.235. The van der Waals surface area contributed by atoms with E-state index in [-0.39, 0.29) is 18.9 Å². The molecule has 132 valence electrons. The number of carbonyl (C=O) groups is 1. The summed E-state index contributed by atoms with van der Waals surface area (Å²) < 4.78 is 4.37. The van der Waals surface area contributed by atoms with Crippen LogP contribution in [0.4, 0.5) is 4.79 Å². The summed E-state index contributed by atoms with van der Waals surface area (Å²) in [7, 11) is 0. The average Bonchev–Trinajstić information content (AvgIpc) is 2.50. The van der Waals surface area contributed by atoms with E-state index in [4.69, 9.17) is 0 Å². The van der Waals surface area contributed by atoms with Crippen LogP contribution in [0.3, 0.4) is 0 Å². The largest absolute Gasteiger partial charge is 1.00 e. The molecule has 0 radical (unpaired) electrons. The van der Waals surface area contributed by atoms with Crippen LogP contribution in [0.5, 0.6) is 0 Å². The molecule has 0 aromatic carbocycles. The Morgan fingerprint density at radius 1 is 0.652 bits per heavy atom. The number of ether oxygens (including phenoxy) is 1. The fourth-order valence-electron chi connectivity index (χ4n) is 2.81. The van der Waals surface area contributed by atoms with Gasteiger partial charge in [-0.25, -0.2) is 0 Å². The monoisotopic (exact) mass is 320 g/mol. The smallest absolute Gasteiger partial charge is 0.550 e. The van der Waals surface area contributed by atoms with Crippen molar-refractivity contribution in [2.24, 2.45) is 0 Å². The first-order chi connectivity index (χ1) is 10.8. The van der Waals surface area contributed by atoms with E-state index in [1.54, 1.807) is 0 Å². The second-order valence-corrected chi connectivity index (χ2v) is 6.40. The summed E-state index contributed by atoms with van der Waals surface area (Å²) in [4.78, 5) is 10.0. The molecule has 0 aliphatic carbocycles. The van der Waals surface area contributed by atoms with Gasteiger partial charge in [-0.15, -0.1) is 0 Å². The molecule has 0 amide bonds.